The van der Waals surface area contributed by atoms with E-state index in [1.165, 1.54) is 7.11 Å². The van der Waals surface area contributed by atoms with Gasteiger partial charge < -0.3 is 18.9 Å². The highest BCUT2D eigenvalue weighted by Gasteiger charge is 2.27. The smallest absolute Gasteiger partial charge is 0.334 e. The van der Waals surface area contributed by atoms with Crippen LogP contribution < -0.4 is 5.32 Å². The third-order valence-electron chi connectivity index (χ3n) is 2.58. The Balaban J connectivity index is 3.43. The van der Waals surface area contributed by atoms with Gasteiger partial charge in [-0.3, -0.25) is 4.79 Å². The summed E-state index contributed by atoms with van der Waals surface area (Å²) in [4.78, 5) is 10.8. The molecule has 0 saturated carbocycles. The maximum Gasteiger partial charge on any atom is 0.334 e. The highest BCUT2D eigenvalue weighted by Crippen LogP contribution is 2.12. The van der Waals surface area contributed by atoms with Crippen LogP contribution in [0, 0.1) is 0 Å². The number of methoxy groups -OCH3 is 1. The Morgan fingerprint density at radius 1 is 1.19 bits per heavy atom. The standard InChI is InChI=1S/C10H23NO4Si/c1-13-10(12)6-8-11-7-5-9-16(4,14-2)15-3/h11H,5-9H2,1-4H3. The fourth-order valence-corrected chi connectivity index (χ4v) is 2.63. The summed E-state index contributed by atoms with van der Waals surface area (Å²) in [5, 5.41) is 3.18. The van der Waals surface area contributed by atoms with Crippen LogP contribution in [0.5, 0.6) is 0 Å². The lowest BCUT2D eigenvalue weighted by molar-refractivity contribution is -0.140. The molecule has 1 N–H and O–H groups in total. The first-order valence-corrected chi connectivity index (χ1v) is 7.98. The predicted molar refractivity (Wildman–Crippen MR) is 64.6 cm³/mol. The van der Waals surface area contributed by atoms with Gasteiger partial charge in [-0.2, -0.15) is 0 Å². The number of esters is 1. The summed E-state index contributed by atoms with van der Waals surface area (Å²) < 4.78 is 15.3. The molecule has 0 radical (unpaired) electrons. The van der Waals surface area contributed by atoms with E-state index in [2.05, 4.69) is 10.1 Å². The van der Waals surface area contributed by atoms with Crippen molar-refractivity contribution in [2.45, 2.75) is 25.4 Å². The predicted octanol–water partition coefficient (Wildman–Crippen LogP) is 0.894. The number of carbonyl (C=O) groups excluding carboxylic acids is 1. The Labute approximate surface area is 98.7 Å². The summed E-state index contributed by atoms with van der Waals surface area (Å²) >= 11 is 0. The second-order valence-electron chi connectivity index (χ2n) is 3.72. The number of hydrogen-bond acceptors (Lipinski definition) is 5. The molecule has 0 aromatic heterocycles. The lowest BCUT2D eigenvalue weighted by Crippen LogP contribution is -2.36. The van der Waals surface area contributed by atoms with Crippen molar-refractivity contribution in [1.82, 2.24) is 5.32 Å². The molecule has 0 amide bonds. The van der Waals surface area contributed by atoms with Crippen LogP contribution in [0.3, 0.4) is 0 Å². The van der Waals surface area contributed by atoms with Crippen LogP contribution in [0.1, 0.15) is 12.8 Å². The van der Waals surface area contributed by atoms with Crippen molar-refractivity contribution < 1.29 is 18.4 Å². The van der Waals surface area contributed by atoms with E-state index in [0.29, 0.717) is 13.0 Å². The molecule has 0 aliphatic carbocycles. The molecule has 0 saturated heterocycles. The van der Waals surface area contributed by atoms with Crippen molar-refractivity contribution in [3.8, 4) is 0 Å². The van der Waals surface area contributed by atoms with Gasteiger partial charge in [-0.05, 0) is 25.6 Å². The van der Waals surface area contributed by atoms with Gasteiger partial charge in [-0.1, -0.05) is 0 Å². The Kier molecular flexibility index (Phi) is 8.45. The van der Waals surface area contributed by atoms with E-state index < -0.39 is 8.56 Å². The minimum absolute atomic E-state index is 0.180. The quantitative estimate of drug-likeness (QED) is 0.374. The van der Waals surface area contributed by atoms with Crippen molar-refractivity contribution in [3.63, 3.8) is 0 Å². The molecule has 0 bridgehead atoms. The Morgan fingerprint density at radius 3 is 2.31 bits per heavy atom. The first-order valence-electron chi connectivity index (χ1n) is 5.46. The van der Waals surface area contributed by atoms with Crippen molar-refractivity contribution in [3.05, 3.63) is 0 Å². The molecule has 0 fully saturated rings. The molecule has 5 nitrogen and oxygen atoms in total. The molecule has 0 unspecified atom stereocenters. The number of hydrogen-bond donors (Lipinski definition) is 1. The average molecular weight is 249 g/mol. The largest absolute Gasteiger partial charge is 0.469 e. The maximum absolute atomic E-state index is 10.8. The highest BCUT2D eigenvalue weighted by atomic mass is 28.4. The SMILES string of the molecule is COC(=O)CCNCCC[Si](C)(OC)OC. The topological polar surface area (TPSA) is 56.8 Å². The van der Waals surface area contributed by atoms with Crippen LogP contribution in [0.2, 0.25) is 12.6 Å². The van der Waals surface area contributed by atoms with E-state index in [-0.39, 0.29) is 5.97 Å². The van der Waals surface area contributed by atoms with Gasteiger partial charge in [0.15, 0.2) is 0 Å². The van der Waals surface area contributed by atoms with E-state index in [1.54, 1.807) is 14.2 Å². The van der Waals surface area contributed by atoms with Gasteiger partial charge in [-0.15, -0.1) is 0 Å². The minimum atomic E-state index is -1.92. The fourth-order valence-electron chi connectivity index (χ4n) is 1.24. The van der Waals surface area contributed by atoms with Crippen molar-refractivity contribution in [1.29, 1.82) is 0 Å². The normalized spacial score (nSPS) is 11.5. The van der Waals surface area contributed by atoms with Crippen molar-refractivity contribution in [2.24, 2.45) is 0 Å². The molecule has 0 aromatic rings. The number of carbonyl (C=O) groups is 1. The van der Waals surface area contributed by atoms with Gasteiger partial charge in [0.1, 0.15) is 0 Å². The zero-order valence-corrected chi connectivity index (χ0v) is 11.7. The van der Waals surface area contributed by atoms with Gasteiger partial charge in [-0.25, -0.2) is 0 Å². The van der Waals surface area contributed by atoms with Gasteiger partial charge >= 0.3 is 14.5 Å². The van der Waals surface area contributed by atoms with Crippen molar-refractivity contribution in [2.75, 3.05) is 34.4 Å². The molecule has 6 heteroatoms. The number of ether oxygens (including phenoxy) is 1. The van der Waals surface area contributed by atoms with E-state index in [9.17, 15) is 4.79 Å². The van der Waals surface area contributed by atoms with E-state index in [4.69, 9.17) is 8.85 Å². The van der Waals surface area contributed by atoms with E-state index in [1.807, 2.05) is 6.55 Å². The summed E-state index contributed by atoms with van der Waals surface area (Å²) in [6.45, 7) is 3.57. The molecule has 96 valence electrons. The molecule has 0 rings (SSSR count). The lowest BCUT2D eigenvalue weighted by Gasteiger charge is -2.22. The van der Waals surface area contributed by atoms with Crippen LogP contribution in [0.25, 0.3) is 0 Å². The Hall–Kier alpha value is -0.433. The Morgan fingerprint density at radius 2 is 1.81 bits per heavy atom. The number of nitrogens with one attached hydrogen (secondary N) is 1. The zero-order valence-electron chi connectivity index (χ0n) is 10.7. The van der Waals surface area contributed by atoms with Gasteiger partial charge in [0.05, 0.1) is 13.5 Å². The molecular weight excluding hydrogens is 226 g/mol. The summed E-state index contributed by atoms with van der Waals surface area (Å²) in [5.41, 5.74) is 0. The summed E-state index contributed by atoms with van der Waals surface area (Å²) in [7, 11) is 2.87. The first kappa shape index (κ1) is 15.6. The number of rotatable bonds is 9. The Bertz CT molecular complexity index is 197. The highest BCUT2D eigenvalue weighted by molar-refractivity contribution is 6.65. The second kappa shape index (κ2) is 8.69. The van der Waals surface area contributed by atoms with Crippen LogP contribution in [-0.4, -0.2) is 48.9 Å². The lowest BCUT2D eigenvalue weighted by atomic mass is 10.4. The van der Waals surface area contributed by atoms with Crippen molar-refractivity contribution >= 4 is 14.5 Å². The molecular formula is C10H23NO4Si. The zero-order chi connectivity index (χ0) is 12.4. The monoisotopic (exact) mass is 249 g/mol. The molecule has 0 heterocycles. The van der Waals surface area contributed by atoms with Gasteiger partial charge in [0, 0.05) is 20.8 Å². The third-order valence-corrected chi connectivity index (χ3v) is 5.57. The second-order valence-corrected chi connectivity index (χ2v) is 7.31. The first-order chi connectivity index (χ1) is 7.58. The van der Waals surface area contributed by atoms with Crippen LogP contribution >= 0.6 is 0 Å². The molecule has 0 aromatic carbocycles. The molecule has 0 spiro atoms. The summed E-state index contributed by atoms with van der Waals surface area (Å²) in [6.07, 6.45) is 1.41. The third kappa shape index (κ3) is 6.94. The fraction of sp³-hybridized carbons (Fsp3) is 0.900. The molecule has 0 aliphatic heterocycles. The minimum Gasteiger partial charge on any atom is -0.469 e. The maximum atomic E-state index is 10.8. The van der Waals surface area contributed by atoms with Gasteiger partial charge in [0.25, 0.3) is 0 Å². The van der Waals surface area contributed by atoms with E-state index in [0.717, 1.165) is 19.0 Å². The summed E-state index contributed by atoms with van der Waals surface area (Å²) in [6, 6.07) is 0.950. The van der Waals surface area contributed by atoms with Crippen LogP contribution in [0.4, 0.5) is 0 Å². The van der Waals surface area contributed by atoms with Crippen LogP contribution in [0.15, 0.2) is 0 Å². The average Bonchev–Trinajstić information content (AvgIpc) is 2.32. The van der Waals surface area contributed by atoms with Gasteiger partial charge in [0.2, 0.25) is 0 Å². The molecule has 0 atom stereocenters. The van der Waals surface area contributed by atoms with Crippen LogP contribution in [-0.2, 0) is 18.4 Å². The van der Waals surface area contributed by atoms with E-state index >= 15 is 0 Å². The molecule has 16 heavy (non-hydrogen) atoms. The molecule has 0 aliphatic rings. The summed E-state index contributed by atoms with van der Waals surface area (Å²) in [5.74, 6) is -0.180.